The van der Waals surface area contributed by atoms with Gasteiger partial charge in [-0.3, -0.25) is 14.5 Å². The number of halogens is 1. The minimum Gasteiger partial charge on any atom is -0.358 e. The smallest absolute Gasteiger partial charge is 0.251 e. The third kappa shape index (κ3) is 2.59. The van der Waals surface area contributed by atoms with Crippen molar-refractivity contribution in [3.05, 3.63) is 17.0 Å². The van der Waals surface area contributed by atoms with Crippen molar-refractivity contribution >= 4 is 29.2 Å². The Kier molecular flexibility index (Phi) is 3.47. The van der Waals surface area contributed by atoms with Gasteiger partial charge in [-0.1, -0.05) is 0 Å². The van der Waals surface area contributed by atoms with E-state index in [0.717, 1.165) is 4.90 Å². The van der Waals surface area contributed by atoms with Gasteiger partial charge in [-0.25, -0.2) is 9.97 Å². The van der Waals surface area contributed by atoms with Gasteiger partial charge in [0.25, 0.3) is 5.91 Å². The van der Waals surface area contributed by atoms with E-state index in [4.69, 9.17) is 11.6 Å². The van der Waals surface area contributed by atoms with Gasteiger partial charge >= 0.3 is 0 Å². The highest BCUT2D eigenvalue weighted by molar-refractivity contribution is 6.28. The number of piperidine rings is 1. The molecule has 0 aromatic carbocycles. The Labute approximate surface area is 109 Å². The van der Waals surface area contributed by atoms with Gasteiger partial charge in [0.05, 0.1) is 0 Å². The largest absolute Gasteiger partial charge is 0.358 e. The van der Waals surface area contributed by atoms with Crippen molar-refractivity contribution in [3.63, 3.8) is 0 Å². The molecule has 7 heteroatoms. The van der Waals surface area contributed by atoms with Crippen molar-refractivity contribution in [2.45, 2.75) is 25.8 Å². The van der Waals surface area contributed by atoms with Gasteiger partial charge in [-0.05, 0) is 24.9 Å². The molecule has 1 aliphatic heterocycles. The molecule has 1 atom stereocenters. The number of imide groups is 1. The summed E-state index contributed by atoms with van der Waals surface area (Å²) in [5.74, 6) is 0.0854. The number of likely N-dealkylation sites (tertiary alicyclic amines) is 1. The fourth-order valence-corrected chi connectivity index (χ4v) is 2.06. The Hall–Kier alpha value is -1.69. The van der Waals surface area contributed by atoms with Gasteiger partial charge in [0.15, 0.2) is 0 Å². The third-order valence-electron chi connectivity index (χ3n) is 2.80. The second kappa shape index (κ2) is 4.89. The van der Waals surface area contributed by atoms with Crippen LogP contribution in [0.25, 0.3) is 0 Å². The number of likely N-dealkylation sites (N-methyl/N-ethyl adjacent to an activating group) is 1. The predicted molar refractivity (Wildman–Crippen MR) is 66.2 cm³/mol. The topological polar surface area (TPSA) is 75.2 Å². The van der Waals surface area contributed by atoms with Gasteiger partial charge in [0.1, 0.15) is 11.9 Å². The summed E-state index contributed by atoms with van der Waals surface area (Å²) < 4.78 is 0. The van der Waals surface area contributed by atoms with Crippen LogP contribution in [0.2, 0.25) is 5.28 Å². The van der Waals surface area contributed by atoms with Crippen molar-refractivity contribution in [2.75, 3.05) is 12.4 Å². The number of rotatable bonds is 2. The van der Waals surface area contributed by atoms with Crippen LogP contribution in [0.15, 0.2) is 6.07 Å². The summed E-state index contributed by atoms with van der Waals surface area (Å²) in [6, 6.07) is 1.26. The number of carbonyl (C=O) groups is 2. The minimum atomic E-state index is -0.446. The van der Waals surface area contributed by atoms with Crippen LogP contribution in [0, 0.1) is 6.92 Å². The Morgan fingerprint density at radius 1 is 1.44 bits per heavy atom. The quantitative estimate of drug-likeness (QED) is 0.640. The number of carbonyl (C=O) groups excluding carboxylic acids is 2. The summed E-state index contributed by atoms with van der Waals surface area (Å²) >= 11 is 5.74. The molecule has 96 valence electrons. The lowest BCUT2D eigenvalue weighted by Gasteiger charge is -2.28. The van der Waals surface area contributed by atoms with Crippen molar-refractivity contribution in [1.82, 2.24) is 14.9 Å². The first kappa shape index (κ1) is 12.8. The van der Waals surface area contributed by atoms with E-state index in [9.17, 15) is 9.59 Å². The molecule has 0 bridgehead atoms. The fraction of sp³-hybridized carbons (Fsp3) is 0.455. The van der Waals surface area contributed by atoms with E-state index in [-0.39, 0.29) is 17.1 Å². The molecule has 2 amide bonds. The van der Waals surface area contributed by atoms with Gasteiger partial charge < -0.3 is 5.32 Å². The molecule has 0 radical (unpaired) electrons. The second-order valence-corrected chi connectivity index (χ2v) is 4.53. The van der Waals surface area contributed by atoms with E-state index < -0.39 is 6.04 Å². The molecule has 2 rings (SSSR count). The van der Waals surface area contributed by atoms with Crippen LogP contribution in [-0.2, 0) is 9.59 Å². The molecule has 1 aliphatic rings. The summed E-state index contributed by atoms with van der Waals surface area (Å²) in [4.78, 5) is 32.3. The number of aryl methyl sites for hydroxylation is 1. The molecule has 1 unspecified atom stereocenters. The molecular formula is C11H13ClN4O2. The van der Waals surface area contributed by atoms with Crippen LogP contribution in [0.3, 0.4) is 0 Å². The zero-order valence-electron chi connectivity index (χ0n) is 10.1. The predicted octanol–water partition coefficient (Wildman–Crippen LogP) is 0.998. The summed E-state index contributed by atoms with van der Waals surface area (Å²) in [6.07, 6.45) is 0.806. The van der Waals surface area contributed by atoms with E-state index in [1.807, 2.05) is 0 Å². The van der Waals surface area contributed by atoms with Crippen LogP contribution >= 0.6 is 11.6 Å². The van der Waals surface area contributed by atoms with Crippen LogP contribution in [-0.4, -0.2) is 39.8 Å². The molecule has 1 aromatic rings. The first-order valence-electron chi connectivity index (χ1n) is 5.55. The van der Waals surface area contributed by atoms with Crippen LogP contribution in [0.5, 0.6) is 0 Å². The molecule has 1 aromatic heterocycles. The first-order chi connectivity index (χ1) is 8.47. The van der Waals surface area contributed by atoms with E-state index in [2.05, 4.69) is 15.3 Å². The Morgan fingerprint density at radius 3 is 2.83 bits per heavy atom. The standard InChI is InChI=1S/C11H13ClN4O2/c1-6-5-8(15-11(12)13-6)14-7-3-4-9(17)16(2)10(7)18/h5,7H,3-4H2,1-2H3,(H,13,14,15). The Morgan fingerprint density at radius 2 is 2.17 bits per heavy atom. The van der Waals surface area contributed by atoms with Crippen molar-refractivity contribution in [1.29, 1.82) is 0 Å². The molecule has 18 heavy (non-hydrogen) atoms. The lowest BCUT2D eigenvalue weighted by Crippen LogP contribution is -2.48. The maximum atomic E-state index is 11.9. The van der Waals surface area contributed by atoms with Gasteiger partial charge in [-0.2, -0.15) is 0 Å². The summed E-state index contributed by atoms with van der Waals surface area (Å²) in [5, 5.41) is 3.11. The van der Waals surface area contributed by atoms with E-state index in [0.29, 0.717) is 24.4 Å². The van der Waals surface area contributed by atoms with Crippen molar-refractivity contribution < 1.29 is 9.59 Å². The van der Waals surface area contributed by atoms with Gasteiger partial charge in [0.2, 0.25) is 11.2 Å². The normalized spacial score (nSPS) is 20.2. The molecular weight excluding hydrogens is 256 g/mol. The Bertz CT molecular complexity index is 486. The van der Waals surface area contributed by atoms with Crippen LogP contribution in [0.4, 0.5) is 5.82 Å². The van der Waals surface area contributed by atoms with Gasteiger partial charge in [0, 0.05) is 25.2 Å². The number of hydrogen-bond acceptors (Lipinski definition) is 5. The maximum Gasteiger partial charge on any atom is 0.251 e. The molecule has 0 aliphatic carbocycles. The highest BCUT2D eigenvalue weighted by Gasteiger charge is 2.31. The number of nitrogens with zero attached hydrogens (tertiary/aromatic N) is 3. The number of amides is 2. The minimum absolute atomic E-state index is 0.130. The lowest BCUT2D eigenvalue weighted by atomic mass is 10.0. The lowest BCUT2D eigenvalue weighted by molar-refractivity contribution is -0.146. The summed E-state index contributed by atoms with van der Waals surface area (Å²) in [7, 11) is 1.48. The Balaban J connectivity index is 2.14. The number of hydrogen-bond donors (Lipinski definition) is 1. The number of aromatic nitrogens is 2. The third-order valence-corrected chi connectivity index (χ3v) is 2.97. The fourth-order valence-electron chi connectivity index (χ4n) is 1.83. The number of anilines is 1. The van der Waals surface area contributed by atoms with Crippen molar-refractivity contribution in [3.8, 4) is 0 Å². The van der Waals surface area contributed by atoms with Crippen LogP contribution in [0.1, 0.15) is 18.5 Å². The zero-order valence-corrected chi connectivity index (χ0v) is 10.9. The van der Waals surface area contributed by atoms with Crippen molar-refractivity contribution in [2.24, 2.45) is 0 Å². The van der Waals surface area contributed by atoms with E-state index in [1.54, 1.807) is 13.0 Å². The maximum absolute atomic E-state index is 11.9. The van der Waals surface area contributed by atoms with E-state index in [1.165, 1.54) is 7.05 Å². The van der Waals surface area contributed by atoms with Gasteiger partial charge in [-0.15, -0.1) is 0 Å². The molecule has 0 saturated carbocycles. The second-order valence-electron chi connectivity index (χ2n) is 4.19. The molecule has 0 spiro atoms. The molecule has 1 saturated heterocycles. The average Bonchev–Trinajstić information content (AvgIpc) is 2.29. The molecule has 2 heterocycles. The van der Waals surface area contributed by atoms with Crippen LogP contribution < -0.4 is 5.32 Å². The molecule has 1 fully saturated rings. The molecule has 1 N–H and O–H groups in total. The number of nitrogens with one attached hydrogen (secondary N) is 1. The monoisotopic (exact) mass is 268 g/mol. The SMILES string of the molecule is Cc1cc(NC2CCC(=O)N(C)C2=O)nc(Cl)n1. The first-order valence-corrected chi connectivity index (χ1v) is 5.93. The average molecular weight is 269 g/mol. The summed E-state index contributed by atoms with van der Waals surface area (Å²) in [5.41, 5.74) is 0.713. The highest BCUT2D eigenvalue weighted by atomic mass is 35.5. The zero-order chi connectivity index (χ0) is 13.3. The summed E-state index contributed by atoms with van der Waals surface area (Å²) in [6.45, 7) is 1.79. The highest BCUT2D eigenvalue weighted by Crippen LogP contribution is 2.17. The molecule has 6 nitrogen and oxygen atoms in total. The van der Waals surface area contributed by atoms with E-state index >= 15 is 0 Å².